The van der Waals surface area contributed by atoms with Crippen molar-refractivity contribution >= 4 is 17.5 Å². The summed E-state index contributed by atoms with van der Waals surface area (Å²) in [6.45, 7) is 0.249. The molecule has 1 saturated heterocycles. The third-order valence-corrected chi connectivity index (χ3v) is 4.27. The maximum Gasteiger partial charge on any atom is 0.256 e. The molecule has 2 aromatic rings. The van der Waals surface area contributed by atoms with Gasteiger partial charge >= 0.3 is 0 Å². The number of hydrogen-bond donors (Lipinski definition) is 1. The lowest BCUT2D eigenvalue weighted by Crippen LogP contribution is -2.53. The second kappa shape index (κ2) is 7.33. The first kappa shape index (κ1) is 17.6. The Hall–Kier alpha value is -3.24. The number of carbonyl (C=O) groups is 2. The molecule has 1 heterocycles. The molecule has 1 aliphatic heterocycles. The average molecular weight is 353 g/mol. The molecule has 1 atom stereocenters. The predicted molar refractivity (Wildman–Crippen MR) is 91.4 cm³/mol. The van der Waals surface area contributed by atoms with Crippen LogP contribution < -0.4 is 4.90 Å². The lowest BCUT2D eigenvalue weighted by Gasteiger charge is -2.35. The minimum absolute atomic E-state index is 0.198. The molecule has 2 aromatic carbocycles. The van der Waals surface area contributed by atoms with E-state index in [0.29, 0.717) is 11.3 Å². The lowest BCUT2D eigenvalue weighted by molar-refractivity contribution is -0.144. The van der Waals surface area contributed by atoms with Crippen LogP contribution in [0.5, 0.6) is 0 Å². The number of hydrogen-bond acceptors (Lipinski definition) is 4. The topological polar surface area (TPSA) is 84.6 Å². The van der Waals surface area contributed by atoms with E-state index in [2.05, 4.69) is 0 Å². The molecule has 1 aliphatic rings. The Bertz CT molecular complexity index is 876. The third-order valence-electron chi connectivity index (χ3n) is 4.27. The molecular formula is C19H16FN3O3. The van der Waals surface area contributed by atoms with Crippen LogP contribution in [0, 0.1) is 17.1 Å². The summed E-state index contributed by atoms with van der Waals surface area (Å²) in [5.41, 5.74) is 1.15. The third kappa shape index (κ3) is 3.41. The monoisotopic (exact) mass is 353 g/mol. The first-order valence-corrected chi connectivity index (χ1v) is 8.03. The van der Waals surface area contributed by atoms with E-state index in [-0.39, 0.29) is 31.1 Å². The van der Waals surface area contributed by atoms with E-state index >= 15 is 0 Å². The van der Waals surface area contributed by atoms with Crippen LogP contribution in [0.4, 0.5) is 10.1 Å². The summed E-state index contributed by atoms with van der Waals surface area (Å²) >= 11 is 0. The van der Waals surface area contributed by atoms with Crippen LogP contribution in [-0.4, -0.2) is 41.5 Å². The first-order valence-electron chi connectivity index (χ1n) is 8.03. The van der Waals surface area contributed by atoms with Crippen LogP contribution in [0.2, 0.25) is 0 Å². The van der Waals surface area contributed by atoms with Crippen LogP contribution in [0.3, 0.4) is 0 Å². The first-order chi connectivity index (χ1) is 12.5. The zero-order valence-corrected chi connectivity index (χ0v) is 13.8. The number of halogens is 1. The van der Waals surface area contributed by atoms with Crippen molar-refractivity contribution in [2.24, 2.45) is 0 Å². The van der Waals surface area contributed by atoms with E-state index in [1.54, 1.807) is 24.3 Å². The molecule has 0 saturated carbocycles. The molecule has 1 N–H and O–H groups in total. The highest BCUT2D eigenvalue weighted by atomic mass is 19.1. The van der Waals surface area contributed by atoms with E-state index in [1.807, 2.05) is 6.07 Å². The van der Waals surface area contributed by atoms with Crippen molar-refractivity contribution in [1.29, 1.82) is 5.26 Å². The van der Waals surface area contributed by atoms with Gasteiger partial charge in [-0.3, -0.25) is 9.59 Å². The fourth-order valence-corrected chi connectivity index (χ4v) is 2.88. The van der Waals surface area contributed by atoms with Gasteiger partial charge in [-0.25, -0.2) is 4.39 Å². The van der Waals surface area contributed by atoms with Gasteiger partial charge in [-0.15, -0.1) is 0 Å². The van der Waals surface area contributed by atoms with Gasteiger partial charge in [0, 0.05) is 13.1 Å². The second-order valence-corrected chi connectivity index (χ2v) is 5.89. The van der Waals surface area contributed by atoms with Gasteiger partial charge in [0.2, 0.25) is 5.91 Å². The number of benzene rings is 2. The summed E-state index contributed by atoms with van der Waals surface area (Å²) in [7, 11) is 0. The second-order valence-electron chi connectivity index (χ2n) is 5.89. The zero-order valence-electron chi connectivity index (χ0n) is 13.8. The Balaban J connectivity index is 1.72. The average Bonchev–Trinajstić information content (AvgIpc) is 2.67. The number of aliphatic hydroxyl groups is 1. The van der Waals surface area contributed by atoms with Gasteiger partial charge in [0.15, 0.2) is 6.10 Å². The van der Waals surface area contributed by atoms with Crippen molar-refractivity contribution in [2.45, 2.75) is 6.10 Å². The Kier molecular flexibility index (Phi) is 4.96. The molecule has 2 amide bonds. The summed E-state index contributed by atoms with van der Waals surface area (Å²) in [4.78, 5) is 27.7. The molecule has 26 heavy (non-hydrogen) atoms. The quantitative estimate of drug-likeness (QED) is 0.908. The Morgan fingerprint density at radius 2 is 1.85 bits per heavy atom. The molecule has 3 rings (SSSR count). The zero-order chi connectivity index (χ0) is 18.7. The van der Waals surface area contributed by atoms with Crippen LogP contribution in [0.25, 0.3) is 0 Å². The number of nitriles is 1. The highest BCUT2D eigenvalue weighted by molar-refractivity contribution is 5.99. The summed E-state index contributed by atoms with van der Waals surface area (Å²) in [6, 6.07) is 13.8. The summed E-state index contributed by atoms with van der Waals surface area (Å²) in [6.07, 6.45) is -1.46. The highest BCUT2D eigenvalue weighted by Crippen LogP contribution is 2.23. The van der Waals surface area contributed by atoms with Gasteiger partial charge in [0.25, 0.3) is 5.91 Å². The summed E-state index contributed by atoms with van der Waals surface area (Å²) < 4.78 is 13.0. The molecule has 6 nitrogen and oxygen atoms in total. The molecule has 132 valence electrons. The van der Waals surface area contributed by atoms with Crippen LogP contribution in [0.1, 0.15) is 17.2 Å². The minimum atomic E-state index is -1.46. The van der Waals surface area contributed by atoms with E-state index in [0.717, 1.165) is 12.1 Å². The predicted octanol–water partition coefficient (Wildman–Crippen LogP) is 1.61. The maximum atomic E-state index is 13.0. The summed E-state index contributed by atoms with van der Waals surface area (Å²) in [5, 5.41) is 19.4. The van der Waals surface area contributed by atoms with Crippen molar-refractivity contribution in [1.82, 2.24) is 4.90 Å². The maximum absolute atomic E-state index is 13.0. The number of piperazine rings is 1. The van der Waals surface area contributed by atoms with E-state index in [9.17, 15) is 24.3 Å². The largest absolute Gasteiger partial charge is 0.378 e. The van der Waals surface area contributed by atoms with Crippen LogP contribution in [0.15, 0.2) is 48.5 Å². The number of para-hydroxylation sites is 1. The highest BCUT2D eigenvalue weighted by Gasteiger charge is 2.32. The Morgan fingerprint density at radius 1 is 1.15 bits per heavy atom. The Morgan fingerprint density at radius 3 is 2.50 bits per heavy atom. The molecule has 0 aliphatic carbocycles. The van der Waals surface area contributed by atoms with Gasteiger partial charge in [0.05, 0.1) is 11.3 Å². The molecule has 0 aromatic heterocycles. The van der Waals surface area contributed by atoms with Crippen molar-refractivity contribution in [3.05, 3.63) is 65.5 Å². The molecule has 1 fully saturated rings. The van der Waals surface area contributed by atoms with Gasteiger partial charge < -0.3 is 14.9 Å². The fraction of sp³-hybridized carbons (Fsp3) is 0.211. The van der Waals surface area contributed by atoms with E-state index < -0.39 is 17.8 Å². The number of anilines is 1. The lowest BCUT2D eigenvalue weighted by atomic mass is 10.1. The van der Waals surface area contributed by atoms with Crippen molar-refractivity contribution in [3.63, 3.8) is 0 Å². The fourth-order valence-electron chi connectivity index (χ4n) is 2.88. The van der Waals surface area contributed by atoms with Gasteiger partial charge in [-0.2, -0.15) is 5.26 Å². The normalized spacial score (nSPS) is 15.5. The van der Waals surface area contributed by atoms with Crippen LogP contribution >= 0.6 is 0 Å². The van der Waals surface area contributed by atoms with Gasteiger partial charge in [0.1, 0.15) is 18.4 Å². The molecule has 0 spiro atoms. The van der Waals surface area contributed by atoms with Gasteiger partial charge in [-0.05, 0) is 29.8 Å². The SMILES string of the molecule is N#Cc1ccccc1N1CCN(C(=O)[C@H](O)c2ccc(F)cc2)CC1=O. The number of nitrogens with zero attached hydrogens (tertiary/aromatic N) is 3. The number of aliphatic hydroxyl groups excluding tert-OH is 1. The molecule has 0 unspecified atom stereocenters. The molecular weight excluding hydrogens is 337 g/mol. The van der Waals surface area contributed by atoms with E-state index in [1.165, 1.54) is 21.9 Å². The van der Waals surface area contributed by atoms with Gasteiger partial charge in [-0.1, -0.05) is 24.3 Å². The minimum Gasteiger partial charge on any atom is -0.378 e. The molecule has 0 radical (unpaired) electrons. The van der Waals surface area contributed by atoms with E-state index in [4.69, 9.17) is 0 Å². The molecule has 7 heteroatoms. The van der Waals surface area contributed by atoms with Crippen molar-refractivity contribution < 1.29 is 19.1 Å². The standard InChI is InChI=1S/C19H16FN3O3/c20-15-7-5-13(6-8-15)18(25)19(26)22-9-10-23(17(24)12-22)16-4-2-1-3-14(16)11-21/h1-8,18,25H,9-10,12H2/t18-/m1/s1. The van der Waals surface area contributed by atoms with Crippen molar-refractivity contribution in [3.8, 4) is 6.07 Å². The number of amides is 2. The summed E-state index contributed by atoms with van der Waals surface area (Å²) in [5.74, 6) is -1.41. The van der Waals surface area contributed by atoms with Crippen LogP contribution in [-0.2, 0) is 9.59 Å². The number of carbonyl (C=O) groups excluding carboxylic acids is 2. The van der Waals surface area contributed by atoms with Crippen molar-refractivity contribution in [2.75, 3.05) is 24.5 Å². The molecule has 0 bridgehead atoms. The Labute approximate surface area is 149 Å². The smallest absolute Gasteiger partial charge is 0.256 e. The number of rotatable bonds is 3.